The highest BCUT2D eigenvalue weighted by Crippen LogP contribution is 2.23. The Bertz CT molecular complexity index is 1200. The van der Waals surface area contributed by atoms with Gasteiger partial charge in [-0.25, -0.2) is 0 Å². The lowest BCUT2D eigenvalue weighted by molar-refractivity contribution is 0.292. The van der Waals surface area contributed by atoms with Crippen LogP contribution in [0.1, 0.15) is 27.8 Å². The third-order valence-corrected chi connectivity index (χ3v) is 4.72. The maximum atomic E-state index is 8.96. The highest BCUT2D eigenvalue weighted by atomic mass is 16.5. The summed E-state index contributed by atoms with van der Waals surface area (Å²) < 4.78 is 7.62. The maximum Gasteiger partial charge on any atom is 0.257 e. The Morgan fingerprint density at radius 1 is 1.07 bits per heavy atom. The maximum absolute atomic E-state index is 8.96. The number of anilines is 2. The van der Waals surface area contributed by atoms with E-state index in [1.807, 2.05) is 12.1 Å². The number of aromatic nitrogens is 4. The molecule has 0 spiro atoms. The van der Waals surface area contributed by atoms with Crippen LogP contribution in [-0.4, -0.2) is 19.6 Å². The van der Waals surface area contributed by atoms with Crippen LogP contribution in [0, 0.1) is 32.1 Å². The first-order chi connectivity index (χ1) is 14.0. The summed E-state index contributed by atoms with van der Waals surface area (Å²) in [5.74, 6) is 1.57. The lowest BCUT2D eigenvalue weighted by atomic mass is 10.0. The summed E-state index contributed by atoms with van der Waals surface area (Å²) in [6.45, 7) is 6.69. The molecule has 2 heterocycles. The standard InChI is InChI=1S/C22H20N6O/c1-14-8-15(2)19(16(3)9-14)12-29-21-10-20(28-22(27-21)24-13-25-28)26-18-6-4-17(11-23)5-7-18/h4-10,13,26H,12H2,1-3H3. The van der Waals surface area contributed by atoms with E-state index in [0.29, 0.717) is 29.6 Å². The van der Waals surface area contributed by atoms with Gasteiger partial charge in [-0.1, -0.05) is 17.7 Å². The number of benzene rings is 2. The van der Waals surface area contributed by atoms with Crippen molar-refractivity contribution in [2.75, 3.05) is 5.32 Å². The molecule has 0 aliphatic carbocycles. The number of fused-ring (bicyclic) bond motifs is 1. The van der Waals surface area contributed by atoms with Gasteiger partial charge in [0.15, 0.2) is 0 Å². The zero-order valence-electron chi connectivity index (χ0n) is 16.5. The Balaban J connectivity index is 1.62. The monoisotopic (exact) mass is 384 g/mol. The van der Waals surface area contributed by atoms with Crippen LogP contribution in [0.25, 0.3) is 5.78 Å². The Morgan fingerprint density at radius 3 is 2.48 bits per heavy atom. The molecule has 0 radical (unpaired) electrons. The molecule has 0 saturated carbocycles. The van der Waals surface area contributed by atoms with Gasteiger partial charge in [-0.3, -0.25) is 0 Å². The third-order valence-electron chi connectivity index (χ3n) is 4.72. The lowest BCUT2D eigenvalue weighted by Crippen LogP contribution is -2.06. The lowest BCUT2D eigenvalue weighted by Gasteiger charge is -2.14. The summed E-state index contributed by atoms with van der Waals surface area (Å²) in [7, 11) is 0. The highest BCUT2D eigenvalue weighted by molar-refractivity contribution is 5.60. The van der Waals surface area contributed by atoms with Crippen molar-refractivity contribution in [3.8, 4) is 11.9 Å². The summed E-state index contributed by atoms with van der Waals surface area (Å²) in [5.41, 5.74) is 6.21. The molecule has 0 bridgehead atoms. The van der Waals surface area contributed by atoms with Gasteiger partial charge in [-0.15, -0.1) is 0 Å². The average Bonchev–Trinajstić information content (AvgIpc) is 3.17. The van der Waals surface area contributed by atoms with E-state index in [1.165, 1.54) is 23.0 Å². The van der Waals surface area contributed by atoms with Crippen LogP contribution < -0.4 is 10.1 Å². The third kappa shape index (κ3) is 3.87. The molecule has 0 unspecified atom stereocenters. The predicted molar refractivity (Wildman–Crippen MR) is 110 cm³/mol. The van der Waals surface area contributed by atoms with Crippen molar-refractivity contribution in [1.82, 2.24) is 19.6 Å². The number of nitrogens with one attached hydrogen (secondary N) is 1. The highest BCUT2D eigenvalue weighted by Gasteiger charge is 2.11. The molecule has 29 heavy (non-hydrogen) atoms. The molecular weight excluding hydrogens is 364 g/mol. The summed E-state index contributed by atoms with van der Waals surface area (Å²) in [6.07, 6.45) is 1.45. The molecule has 2 aromatic heterocycles. The van der Waals surface area contributed by atoms with Crippen molar-refractivity contribution >= 4 is 17.3 Å². The largest absolute Gasteiger partial charge is 0.473 e. The minimum absolute atomic E-state index is 0.422. The predicted octanol–water partition coefficient (Wildman–Crippen LogP) is 4.24. The SMILES string of the molecule is Cc1cc(C)c(COc2cc(Nc3ccc(C#N)cc3)n3ncnc3n2)c(C)c1. The minimum atomic E-state index is 0.422. The van der Waals surface area contributed by atoms with Crippen LogP contribution in [0.3, 0.4) is 0 Å². The van der Waals surface area contributed by atoms with Gasteiger partial charge in [0.25, 0.3) is 5.78 Å². The molecule has 1 N–H and O–H groups in total. The van der Waals surface area contributed by atoms with Crippen molar-refractivity contribution in [2.45, 2.75) is 27.4 Å². The molecular formula is C22H20N6O. The smallest absolute Gasteiger partial charge is 0.257 e. The van der Waals surface area contributed by atoms with Crippen LogP contribution >= 0.6 is 0 Å². The summed E-state index contributed by atoms with van der Waals surface area (Å²) >= 11 is 0. The average molecular weight is 384 g/mol. The molecule has 0 aliphatic heterocycles. The van der Waals surface area contributed by atoms with E-state index in [0.717, 1.165) is 11.3 Å². The van der Waals surface area contributed by atoms with E-state index < -0.39 is 0 Å². The molecule has 2 aromatic carbocycles. The van der Waals surface area contributed by atoms with Crippen LogP contribution in [0.4, 0.5) is 11.5 Å². The van der Waals surface area contributed by atoms with Crippen LogP contribution in [0.15, 0.2) is 48.8 Å². The minimum Gasteiger partial charge on any atom is -0.473 e. The fourth-order valence-electron chi connectivity index (χ4n) is 3.31. The molecule has 4 rings (SSSR count). The second kappa shape index (κ2) is 7.60. The molecule has 0 saturated heterocycles. The zero-order chi connectivity index (χ0) is 20.4. The number of hydrogen-bond donors (Lipinski definition) is 1. The second-order valence-corrected chi connectivity index (χ2v) is 6.93. The van der Waals surface area contributed by atoms with Gasteiger partial charge < -0.3 is 10.1 Å². The van der Waals surface area contributed by atoms with E-state index >= 15 is 0 Å². The van der Waals surface area contributed by atoms with Gasteiger partial charge >= 0.3 is 0 Å². The Kier molecular flexibility index (Phi) is 4.83. The fourth-order valence-corrected chi connectivity index (χ4v) is 3.31. The first kappa shape index (κ1) is 18.4. The molecule has 0 aliphatic rings. The first-order valence-corrected chi connectivity index (χ1v) is 9.21. The van der Waals surface area contributed by atoms with Gasteiger partial charge in [0.1, 0.15) is 18.8 Å². The van der Waals surface area contributed by atoms with Crippen molar-refractivity contribution in [3.05, 3.63) is 76.6 Å². The van der Waals surface area contributed by atoms with Crippen molar-refractivity contribution in [2.24, 2.45) is 0 Å². The molecule has 0 amide bonds. The molecule has 0 atom stereocenters. The summed E-state index contributed by atoms with van der Waals surface area (Å²) in [5, 5.41) is 16.5. The molecule has 144 valence electrons. The molecule has 7 heteroatoms. The van der Waals surface area contributed by atoms with Crippen LogP contribution in [0.5, 0.6) is 5.88 Å². The van der Waals surface area contributed by atoms with Gasteiger partial charge in [-0.05, 0) is 61.7 Å². The zero-order valence-corrected chi connectivity index (χ0v) is 16.5. The molecule has 7 nitrogen and oxygen atoms in total. The van der Waals surface area contributed by atoms with Gasteiger partial charge in [0, 0.05) is 11.8 Å². The van der Waals surface area contributed by atoms with Gasteiger partial charge in [0.05, 0.1) is 11.6 Å². The summed E-state index contributed by atoms with van der Waals surface area (Å²) in [4.78, 5) is 8.63. The van der Waals surface area contributed by atoms with Crippen LogP contribution in [-0.2, 0) is 6.61 Å². The number of rotatable bonds is 5. The first-order valence-electron chi connectivity index (χ1n) is 9.21. The Morgan fingerprint density at radius 2 is 1.79 bits per heavy atom. The van der Waals surface area contributed by atoms with Gasteiger partial charge in [-0.2, -0.15) is 24.8 Å². The van der Waals surface area contributed by atoms with Crippen molar-refractivity contribution in [3.63, 3.8) is 0 Å². The van der Waals surface area contributed by atoms with Crippen molar-refractivity contribution < 1.29 is 4.74 Å². The van der Waals surface area contributed by atoms with E-state index in [2.05, 4.69) is 59.4 Å². The number of aryl methyl sites for hydroxylation is 3. The van der Waals surface area contributed by atoms with Crippen LogP contribution in [0.2, 0.25) is 0 Å². The Hall–Kier alpha value is -3.92. The van der Waals surface area contributed by atoms with Gasteiger partial charge in [0.2, 0.25) is 5.88 Å². The number of ether oxygens (including phenoxy) is 1. The number of nitrogens with zero attached hydrogens (tertiary/aromatic N) is 5. The van der Waals surface area contributed by atoms with Crippen molar-refractivity contribution in [1.29, 1.82) is 5.26 Å². The number of nitriles is 1. The quantitative estimate of drug-likeness (QED) is 0.554. The van der Waals surface area contributed by atoms with E-state index in [-0.39, 0.29) is 0 Å². The molecule has 0 fully saturated rings. The fraction of sp³-hybridized carbons (Fsp3) is 0.182. The number of hydrogen-bond acceptors (Lipinski definition) is 6. The summed E-state index contributed by atoms with van der Waals surface area (Å²) in [6, 6.07) is 15.4. The van der Waals surface area contributed by atoms with E-state index in [9.17, 15) is 0 Å². The Labute approximate surface area is 168 Å². The topological polar surface area (TPSA) is 88.1 Å². The second-order valence-electron chi connectivity index (χ2n) is 6.93. The van der Waals surface area contributed by atoms with E-state index in [4.69, 9.17) is 10.00 Å². The normalized spacial score (nSPS) is 10.7. The molecule has 4 aromatic rings. The van der Waals surface area contributed by atoms with E-state index in [1.54, 1.807) is 22.7 Å².